The second-order valence-corrected chi connectivity index (χ2v) is 5.39. The second-order valence-electron chi connectivity index (χ2n) is 4.17. The maximum atomic E-state index is 10.8. The van der Waals surface area contributed by atoms with Crippen molar-refractivity contribution in [3.05, 3.63) is 16.4 Å². The molecule has 0 aromatic carbocycles. The van der Waals surface area contributed by atoms with Crippen LogP contribution in [0.25, 0.3) is 0 Å². The number of anilines is 1. The Morgan fingerprint density at radius 3 is 2.94 bits per heavy atom. The molecule has 0 atom stereocenters. The number of aromatic nitrogens is 2. The Balaban J connectivity index is 1.85. The summed E-state index contributed by atoms with van der Waals surface area (Å²) in [5.74, 6) is 2.72. The second kappa shape index (κ2) is 6.05. The molecule has 1 aliphatic heterocycles. The van der Waals surface area contributed by atoms with Crippen molar-refractivity contribution in [2.45, 2.75) is 0 Å². The monoisotopic (exact) mass is 271 g/mol. The lowest BCUT2D eigenvalue weighted by Gasteiger charge is -2.26. The van der Waals surface area contributed by atoms with Crippen LogP contribution in [0.5, 0.6) is 0 Å². The fraction of sp³-hybridized carbons (Fsp3) is 0.700. The van der Waals surface area contributed by atoms with Crippen molar-refractivity contribution in [3.63, 3.8) is 0 Å². The third-order valence-corrected chi connectivity index (χ3v) is 3.86. The van der Waals surface area contributed by atoms with Gasteiger partial charge in [-0.05, 0) is 9.91 Å². The molecule has 1 aromatic rings. The van der Waals surface area contributed by atoms with E-state index in [0.717, 1.165) is 19.6 Å². The summed E-state index contributed by atoms with van der Waals surface area (Å²) in [4.78, 5) is 16.4. The van der Waals surface area contributed by atoms with Gasteiger partial charge in [-0.25, -0.2) is 0 Å². The van der Waals surface area contributed by atoms with E-state index in [1.807, 2.05) is 11.8 Å². The molecule has 1 N–H and O–H groups in total. The molecule has 8 heteroatoms. The van der Waals surface area contributed by atoms with Crippen LogP contribution in [-0.2, 0) is 7.05 Å². The first-order valence-electron chi connectivity index (χ1n) is 5.88. The molecular formula is C10H17N5O2S. The van der Waals surface area contributed by atoms with Crippen molar-refractivity contribution in [2.24, 2.45) is 7.05 Å². The van der Waals surface area contributed by atoms with Gasteiger partial charge in [0.05, 0.1) is 0 Å². The van der Waals surface area contributed by atoms with E-state index >= 15 is 0 Å². The predicted molar refractivity (Wildman–Crippen MR) is 72.1 cm³/mol. The van der Waals surface area contributed by atoms with Crippen LogP contribution in [-0.4, -0.2) is 57.1 Å². The van der Waals surface area contributed by atoms with Gasteiger partial charge >= 0.3 is 5.82 Å². The minimum absolute atomic E-state index is 0.105. The summed E-state index contributed by atoms with van der Waals surface area (Å²) in [6.07, 6.45) is 1.46. The third-order valence-electron chi connectivity index (χ3n) is 2.91. The maximum absolute atomic E-state index is 10.8. The Kier molecular flexibility index (Phi) is 4.43. The van der Waals surface area contributed by atoms with Crippen molar-refractivity contribution >= 4 is 23.4 Å². The average Bonchev–Trinajstić information content (AvgIpc) is 2.73. The first kappa shape index (κ1) is 13.2. The fourth-order valence-corrected chi connectivity index (χ4v) is 2.89. The van der Waals surface area contributed by atoms with Crippen molar-refractivity contribution < 1.29 is 4.92 Å². The van der Waals surface area contributed by atoms with Gasteiger partial charge in [-0.15, -0.1) is 0 Å². The van der Waals surface area contributed by atoms with E-state index in [2.05, 4.69) is 15.2 Å². The number of rotatable bonds is 5. The fourth-order valence-electron chi connectivity index (χ4n) is 1.91. The molecule has 1 aromatic heterocycles. The Bertz CT molecular complexity index is 416. The molecule has 0 radical (unpaired) electrons. The van der Waals surface area contributed by atoms with Crippen molar-refractivity contribution in [1.29, 1.82) is 0 Å². The summed E-state index contributed by atoms with van der Waals surface area (Å²) < 4.78 is 1.64. The lowest BCUT2D eigenvalue weighted by atomic mass is 10.4. The van der Waals surface area contributed by atoms with E-state index in [0.29, 0.717) is 12.4 Å². The molecule has 0 bridgehead atoms. The van der Waals surface area contributed by atoms with Gasteiger partial charge < -0.3 is 15.4 Å². The van der Waals surface area contributed by atoms with Crippen LogP contribution < -0.4 is 5.32 Å². The van der Waals surface area contributed by atoms with Crippen LogP contribution in [0.15, 0.2) is 6.33 Å². The summed E-state index contributed by atoms with van der Waals surface area (Å²) >= 11 is 1.97. The highest BCUT2D eigenvalue weighted by molar-refractivity contribution is 7.99. The predicted octanol–water partition coefficient (Wildman–Crippen LogP) is 0.789. The molecular weight excluding hydrogens is 254 g/mol. The molecule has 100 valence electrons. The number of aryl methyl sites for hydroxylation is 1. The number of imidazole rings is 1. The van der Waals surface area contributed by atoms with Gasteiger partial charge in [0.25, 0.3) is 0 Å². The summed E-state index contributed by atoms with van der Waals surface area (Å²) in [5, 5.41) is 13.9. The van der Waals surface area contributed by atoms with Gasteiger partial charge in [0, 0.05) is 44.7 Å². The molecule has 2 heterocycles. The van der Waals surface area contributed by atoms with Crippen molar-refractivity contribution in [1.82, 2.24) is 14.5 Å². The van der Waals surface area contributed by atoms with Gasteiger partial charge in [-0.1, -0.05) is 0 Å². The normalized spacial score (nSPS) is 16.7. The molecule has 1 saturated heterocycles. The first-order chi connectivity index (χ1) is 8.68. The number of nitrogens with zero attached hydrogens (tertiary/aromatic N) is 4. The standard InChI is InChI=1S/C10H17N5O2S/c1-13-8-12-10(15(16)17)9(13)11-2-3-14-4-6-18-7-5-14/h8,11H,2-7H2,1H3. The molecule has 7 nitrogen and oxygen atoms in total. The van der Waals surface area contributed by atoms with Crippen LogP contribution in [0, 0.1) is 10.1 Å². The van der Waals surface area contributed by atoms with Gasteiger partial charge in [-0.3, -0.25) is 9.47 Å². The van der Waals surface area contributed by atoms with E-state index < -0.39 is 4.92 Å². The summed E-state index contributed by atoms with van der Waals surface area (Å²) in [6.45, 7) is 3.80. The van der Waals surface area contributed by atoms with Crippen molar-refractivity contribution in [3.8, 4) is 0 Å². The van der Waals surface area contributed by atoms with Crippen LogP contribution >= 0.6 is 11.8 Å². The molecule has 2 rings (SSSR count). The van der Waals surface area contributed by atoms with Crippen LogP contribution in [0.1, 0.15) is 0 Å². The zero-order valence-electron chi connectivity index (χ0n) is 10.3. The SMILES string of the molecule is Cn1cnc([N+](=O)[O-])c1NCCN1CCSCC1. The lowest BCUT2D eigenvalue weighted by molar-refractivity contribution is -0.388. The molecule has 0 amide bonds. The molecule has 0 aliphatic carbocycles. The highest BCUT2D eigenvalue weighted by atomic mass is 32.2. The van der Waals surface area contributed by atoms with E-state index in [1.54, 1.807) is 11.6 Å². The molecule has 1 aliphatic rings. The number of hydrogen-bond donors (Lipinski definition) is 1. The molecule has 18 heavy (non-hydrogen) atoms. The quantitative estimate of drug-likeness (QED) is 0.630. The van der Waals surface area contributed by atoms with Gasteiger partial charge in [0.15, 0.2) is 0 Å². The average molecular weight is 271 g/mol. The Hall–Kier alpha value is -1.28. The Morgan fingerprint density at radius 2 is 2.28 bits per heavy atom. The Morgan fingerprint density at radius 1 is 1.56 bits per heavy atom. The molecule has 0 unspecified atom stereocenters. The third kappa shape index (κ3) is 3.14. The molecule has 0 saturated carbocycles. The number of hydrogen-bond acceptors (Lipinski definition) is 6. The number of nitro groups is 1. The van der Waals surface area contributed by atoms with Gasteiger partial charge in [0.1, 0.15) is 0 Å². The minimum atomic E-state index is -0.458. The first-order valence-corrected chi connectivity index (χ1v) is 7.03. The van der Waals surface area contributed by atoms with Crippen molar-refractivity contribution in [2.75, 3.05) is 43.0 Å². The smallest absolute Gasteiger partial charge is 0.363 e. The zero-order valence-corrected chi connectivity index (χ0v) is 11.2. The highest BCUT2D eigenvalue weighted by Gasteiger charge is 2.19. The summed E-state index contributed by atoms with van der Waals surface area (Å²) in [5.41, 5.74) is 0. The van der Waals surface area contributed by atoms with Crippen LogP contribution in [0.3, 0.4) is 0 Å². The molecule has 1 fully saturated rings. The Labute approximate surface area is 110 Å². The van der Waals surface area contributed by atoms with E-state index in [-0.39, 0.29) is 5.82 Å². The minimum Gasteiger partial charge on any atom is -0.363 e. The van der Waals surface area contributed by atoms with Gasteiger partial charge in [0.2, 0.25) is 12.1 Å². The molecule has 0 spiro atoms. The van der Waals surface area contributed by atoms with Crippen LogP contribution in [0.2, 0.25) is 0 Å². The van der Waals surface area contributed by atoms with E-state index in [1.165, 1.54) is 17.8 Å². The zero-order chi connectivity index (χ0) is 13.0. The maximum Gasteiger partial charge on any atom is 0.406 e. The van der Waals surface area contributed by atoms with Crippen LogP contribution in [0.4, 0.5) is 11.6 Å². The number of thioether (sulfide) groups is 1. The summed E-state index contributed by atoms with van der Waals surface area (Å²) in [7, 11) is 1.75. The van der Waals surface area contributed by atoms with Gasteiger partial charge in [-0.2, -0.15) is 11.8 Å². The topological polar surface area (TPSA) is 76.2 Å². The van der Waals surface area contributed by atoms with E-state index in [9.17, 15) is 10.1 Å². The number of nitrogens with one attached hydrogen (secondary N) is 1. The summed E-state index contributed by atoms with van der Waals surface area (Å²) in [6, 6.07) is 0. The largest absolute Gasteiger partial charge is 0.406 e. The lowest BCUT2D eigenvalue weighted by Crippen LogP contribution is -2.36. The highest BCUT2D eigenvalue weighted by Crippen LogP contribution is 2.20. The van der Waals surface area contributed by atoms with E-state index in [4.69, 9.17) is 0 Å².